The monoisotopic (exact) mass is 233 g/mol. The summed E-state index contributed by atoms with van der Waals surface area (Å²) in [5.74, 6) is 0. The molecule has 1 atom stereocenters. The van der Waals surface area contributed by atoms with Crippen molar-refractivity contribution in [2.45, 2.75) is 52.4 Å². The maximum atomic E-state index is 5.47. The van der Waals surface area contributed by atoms with Gasteiger partial charge in [0.25, 0.3) is 0 Å². The van der Waals surface area contributed by atoms with Gasteiger partial charge < -0.3 is 10.1 Å². The van der Waals surface area contributed by atoms with Gasteiger partial charge in [0.15, 0.2) is 0 Å². The first-order valence-corrected chi connectivity index (χ1v) is 6.78. The van der Waals surface area contributed by atoms with E-state index < -0.39 is 0 Å². The van der Waals surface area contributed by atoms with Crippen LogP contribution in [0.4, 0.5) is 0 Å². The average molecular weight is 233 g/mol. The highest BCUT2D eigenvalue weighted by Crippen LogP contribution is 2.25. The molecule has 1 aromatic carbocycles. The SMILES string of the molecule is CCCNC(CCC)c1ccc2c(c1)COC2. The van der Waals surface area contributed by atoms with E-state index in [2.05, 4.69) is 37.4 Å². The summed E-state index contributed by atoms with van der Waals surface area (Å²) < 4.78 is 5.47. The van der Waals surface area contributed by atoms with Crippen molar-refractivity contribution >= 4 is 0 Å². The molecule has 0 saturated heterocycles. The van der Waals surface area contributed by atoms with Gasteiger partial charge in [0, 0.05) is 6.04 Å². The van der Waals surface area contributed by atoms with Crippen LogP contribution in [0.3, 0.4) is 0 Å². The molecule has 1 N–H and O–H groups in total. The van der Waals surface area contributed by atoms with Gasteiger partial charge in [-0.3, -0.25) is 0 Å². The van der Waals surface area contributed by atoms with Crippen LogP contribution in [0.15, 0.2) is 18.2 Å². The predicted molar refractivity (Wildman–Crippen MR) is 70.9 cm³/mol. The number of hydrogen-bond acceptors (Lipinski definition) is 2. The van der Waals surface area contributed by atoms with Crippen molar-refractivity contribution in [3.8, 4) is 0 Å². The van der Waals surface area contributed by atoms with E-state index in [1.165, 1.54) is 36.0 Å². The first-order valence-electron chi connectivity index (χ1n) is 6.78. The van der Waals surface area contributed by atoms with Crippen LogP contribution in [-0.4, -0.2) is 6.54 Å². The van der Waals surface area contributed by atoms with Crippen LogP contribution < -0.4 is 5.32 Å². The number of rotatable bonds is 6. The minimum Gasteiger partial charge on any atom is -0.372 e. The topological polar surface area (TPSA) is 21.3 Å². The zero-order valence-corrected chi connectivity index (χ0v) is 11.0. The summed E-state index contributed by atoms with van der Waals surface area (Å²) >= 11 is 0. The van der Waals surface area contributed by atoms with E-state index in [0.717, 1.165) is 19.8 Å². The number of ether oxygens (including phenoxy) is 1. The summed E-state index contributed by atoms with van der Waals surface area (Å²) in [7, 11) is 0. The highest BCUT2D eigenvalue weighted by Gasteiger charge is 2.15. The second-order valence-corrected chi connectivity index (χ2v) is 4.82. The van der Waals surface area contributed by atoms with Crippen molar-refractivity contribution in [1.82, 2.24) is 5.32 Å². The second-order valence-electron chi connectivity index (χ2n) is 4.82. The molecule has 0 spiro atoms. The summed E-state index contributed by atoms with van der Waals surface area (Å²) in [6.45, 7) is 7.13. The largest absolute Gasteiger partial charge is 0.372 e. The number of benzene rings is 1. The molecule has 2 nitrogen and oxygen atoms in total. The minimum atomic E-state index is 0.505. The van der Waals surface area contributed by atoms with E-state index in [0.29, 0.717) is 6.04 Å². The van der Waals surface area contributed by atoms with Gasteiger partial charge in [-0.25, -0.2) is 0 Å². The lowest BCUT2D eigenvalue weighted by Crippen LogP contribution is -2.22. The van der Waals surface area contributed by atoms with Gasteiger partial charge in [-0.1, -0.05) is 38.5 Å². The third-order valence-corrected chi connectivity index (χ3v) is 3.37. The molecular weight excluding hydrogens is 210 g/mol. The summed E-state index contributed by atoms with van der Waals surface area (Å²) in [5, 5.41) is 3.64. The van der Waals surface area contributed by atoms with Gasteiger partial charge in [0.1, 0.15) is 0 Å². The number of nitrogens with one attached hydrogen (secondary N) is 1. The van der Waals surface area contributed by atoms with E-state index in [1.807, 2.05) is 0 Å². The molecule has 1 aromatic rings. The Labute approximate surface area is 104 Å². The Morgan fingerprint density at radius 2 is 2.00 bits per heavy atom. The van der Waals surface area contributed by atoms with E-state index in [4.69, 9.17) is 4.74 Å². The molecule has 0 saturated carbocycles. The Hall–Kier alpha value is -0.860. The standard InChI is InChI=1S/C15H23NO/c1-3-5-15(16-8-4-2)12-6-7-13-10-17-11-14(13)9-12/h6-7,9,15-16H,3-5,8,10-11H2,1-2H3. The Balaban J connectivity index is 2.11. The zero-order chi connectivity index (χ0) is 12.1. The molecule has 1 heterocycles. The second kappa shape index (κ2) is 6.18. The lowest BCUT2D eigenvalue weighted by Gasteiger charge is -2.19. The number of fused-ring (bicyclic) bond motifs is 1. The molecule has 0 aliphatic carbocycles. The maximum absolute atomic E-state index is 5.47. The van der Waals surface area contributed by atoms with Crippen LogP contribution in [0.5, 0.6) is 0 Å². The van der Waals surface area contributed by atoms with Gasteiger partial charge in [0.2, 0.25) is 0 Å². The first kappa shape index (κ1) is 12.6. The van der Waals surface area contributed by atoms with Crippen molar-refractivity contribution in [2.24, 2.45) is 0 Å². The molecule has 0 fully saturated rings. The molecule has 2 heteroatoms. The summed E-state index contributed by atoms with van der Waals surface area (Å²) in [6, 6.07) is 7.32. The van der Waals surface area contributed by atoms with Crippen LogP contribution in [0.2, 0.25) is 0 Å². The van der Waals surface area contributed by atoms with Crippen LogP contribution in [0.25, 0.3) is 0 Å². The molecule has 0 radical (unpaired) electrons. The Kier molecular flexibility index (Phi) is 4.57. The van der Waals surface area contributed by atoms with Crippen molar-refractivity contribution in [3.63, 3.8) is 0 Å². The number of hydrogen-bond donors (Lipinski definition) is 1. The summed E-state index contributed by atoms with van der Waals surface area (Å²) in [5.41, 5.74) is 4.16. The normalized spacial score (nSPS) is 15.9. The van der Waals surface area contributed by atoms with Gasteiger partial charge >= 0.3 is 0 Å². The third-order valence-electron chi connectivity index (χ3n) is 3.37. The fourth-order valence-corrected chi connectivity index (χ4v) is 2.40. The Bertz CT molecular complexity index is 362. The predicted octanol–water partition coefficient (Wildman–Crippen LogP) is 3.56. The molecule has 0 amide bonds. The van der Waals surface area contributed by atoms with Gasteiger partial charge in [-0.05, 0) is 36.1 Å². The quantitative estimate of drug-likeness (QED) is 0.811. The molecule has 1 aliphatic rings. The fraction of sp³-hybridized carbons (Fsp3) is 0.600. The van der Waals surface area contributed by atoms with Crippen LogP contribution >= 0.6 is 0 Å². The highest BCUT2D eigenvalue weighted by atomic mass is 16.5. The molecule has 1 aliphatic heterocycles. The maximum Gasteiger partial charge on any atom is 0.0725 e. The highest BCUT2D eigenvalue weighted by molar-refractivity contribution is 5.34. The fourth-order valence-electron chi connectivity index (χ4n) is 2.40. The molecular formula is C15H23NO. The van der Waals surface area contributed by atoms with Crippen molar-refractivity contribution in [3.05, 3.63) is 34.9 Å². The third kappa shape index (κ3) is 3.08. The molecule has 17 heavy (non-hydrogen) atoms. The van der Waals surface area contributed by atoms with E-state index >= 15 is 0 Å². The molecule has 0 aromatic heterocycles. The van der Waals surface area contributed by atoms with Crippen molar-refractivity contribution in [2.75, 3.05) is 6.54 Å². The van der Waals surface area contributed by atoms with Gasteiger partial charge in [-0.2, -0.15) is 0 Å². The molecule has 94 valence electrons. The Morgan fingerprint density at radius 3 is 2.76 bits per heavy atom. The van der Waals surface area contributed by atoms with Gasteiger partial charge in [-0.15, -0.1) is 0 Å². The lowest BCUT2D eigenvalue weighted by atomic mass is 9.98. The van der Waals surface area contributed by atoms with Crippen LogP contribution in [0, 0.1) is 0 Å². The van der Waals surface area contributed by atoms with E-state index in [1.54, 1.807) is 0 Å². The van der Waals surface area contributed by atoms with E-state index in [-0.39, 0.29) is 0 Å². The zero-order valence-electron chi connectivity index (χ0n) is 11.0. The van der Waals surface area contributed by atoms with Crippen molar-refractivity contribution in [1.29, 1.82) is 0 Å². The average Bonchev–Trinajstić information content (AvgIpc) is 2.81. The summed E-state index contributed by atoms with van der Waals surface area (Å²) in [6.07, 6.45) is 3.61. The van der Waals surface area contributed by atoms with Gasteiger partial charge in [0.05, 0.1) is 13.2 Å². The first-order chi connectivity index (χ1) is 8.35. The van der Waals surface area contributed by atoms with Crippen molar-refractivity contribution < 1.29 is 4.74 Å². The minimum absolute atomic E-state index is 0.505. The van der Waals surface area contributed by atoms with Crippen LogP contribution in [-0.2, 0) is 18.0 Å². The van der Waals surface area contributed by atoms with E-state index in [9.17, 15) is 0 Å². The smallest absolute Gasteiger partial charge is 0.0725 e. The van der Waals surface area contributed by atoms with Crippen LogP contribution in [0.1, 0.15) is 55.8 Å². The summed E-state index contributed by atoms with van der Waals surface area (Å²) in [4.78, 5) is 0. The molecule has 0 bridgehead atoms. The molecule has 2 rings (SSSR count). The Morgan fingerprint density at radius 1 is 1.18 bits per heavy atom. The lowest BCUT2D eigenvalue weighted by molar-refractivity contribution is 0.134. The molecule has 1 unspecified atom stereocenters.